The number of thioether (sulfide) groups is 1. The Morgan fingerprint density at radius 2 is 2.00 bits per heavy atom. The van der Waals surface area contributed by atoms with E-state index in [4.69, 9.17) is 4.74 Å². The molecule has 0 bridgehead atoms. The van der Waals surface area contributed by atoms with Crippen molar-refractivity contribution in [3.63, 3.8) is 0 Å². The number of ether oxygens (including phenoxy) is 1. The van der Waals surface area contributed by atoms with E-state index in [2.05, 4.69) is 5.32 Å². The third-order valence-corrected chi connectivity index (χ3v) is 7.94. The lowest BCUT2D eigenvalue weighted by Crippen LogP contribution is -2.62. The first-order valence-electron chi connectivity index (χ1n) is 11.9. The van der Waals surface area contributed by atoms with Crippen molar-refractivity contribution in [3.05, 3.63) is 41.3 Å². The highest BCUT2D eigenvalue weighted by Gasteiger charge is 2.47. The summed E-state index contributed by atoms with van der Waals surface area (Å²) in [6.45, 7) is 3.62. The lowest BCUT2D eigenvalue weighted by atomic mass is 9.81. The molecule has 3 aliphatic rings. The zero-order chi connectivity index (χ0) is 23.4. The summed E-state index contributed by atoms with van der Waals surface area (Å²) in [6.07, 6.45) is 6.23. The predicted molar refractivity (Wildman–Crippen MR) is 129 cm³/mol. The zero-order valence-electron chi connectivity index (χ0n) is 19.4. The molecule has 2 heterocycles. The number of fused-ring (bicyclic) bond motifs is 1. The van der Waals surface area contributed by atoms with Crippen molar-refractivity contribution in [3.8, 4) is 5.75 Å². The number of nitrogens with one attached hydrogen (secondary N) is 1. The molecule has 4 rings (SSSR count). The summed E-state index contributed by atoms with van der Waals surface area (Å²) in [7, 11) is 1.63. The maximum Gasteiger partial charge on any atom is 0.327 e. The Balaban J connectivity index is 1.42. The monoisotopic (exact) mass is 471 g/mol. The lowest BCUT2D eigenvalue weighted by Gasteiger charge is -2.43. The lowest BCUT2D eigenvalue weighted by molar-refractivity contribution is -0.132. The van der Waals surface area contributed by atoms with Gasteiger partial charge in [-0.25, -0.2) is 4.79 Å². The van der Waals surface area contributed by atoms with Crippen LogP contribution in [-0.2, 0) is 16.1 Å². The van der Waals surface area contributed by atoms with E-state index < -0.39 is 0 Å². The van der Waals surface area contributed by atoms with Crippen LogP contribution in [0.2, 0.25) is 0 Å². The average Bonchev–Trinajstić information content (AvgIpc) is 3.33. The molecule has 8 heteroatoms. The van der Waals surface area contributed by atoms with Gasteiger partial charge in [-0.1, -0.05) is 25.1 Å². The van der Waals surface area contributed by atoms with E-state index in [0.717, 1.165) is 43.4 Å². The summed E-state index contributed by atoms with van der Waals surface area (Å²) in [4.78, 5) is 42.3. The van der Waals surface area contributed by atoms with Gasteiger partial charge in [0.25, 0.3) is 0 Å². The van der Waals surface area contributed by atoms with E-state index in [1.165, 1.54) is 16.7 Å². The van der Waals surface area contributed by atoms with Gasteiger partial charge in [0.1, 0.15) is 11.0 Å². The number of nitrogens with zero attached hydrogens (tertiary/aromatic N) is 2. The molecular formula is C25H33N3O4S. The van der Waals surface area contributed by atoms with E-state index in [1.54, 1.807) is 12.0 Å². The summed E-state index contributed by atoms with van der Waals surface area (Å²) in [5, 5.41) is 4.64. The number of imide groups is 1. The van der Waals surface area contributed by atoms with Gasteiger partial charge in [-0.05, 0) is 61.1 Å². The molecule has 0 aromatic heterocycles. The second-order valence-corrected chi connectivity index (χ2v) is 10.1. The van der Waals surface area contributed by atoms with Crippen molar-refractivity contribution in [2.24, 2.45) is 11.8 Å². The molecule has 0 spiro atoms. The molecule has 33 heavy (non-hydrogen) atoms. The number of amides is 4. The number of hydrogen-bond donors (Lipinski definition) is 1. The van der Waals surface area contributed by atoms with Crippen LogP contribution in [0.1, 0.15) is 44.6 Å². The smallest absolute Gasteiger partial charge is 0.327 e. The molecule has 1 saturated carbocycles. The topological polar surface area (TPSA) is 79.0 Å². The van der Waals surface area contributed by atoms with E-state index >= 15 is 0 Å². The van der Waals surface area contributed by atoms with Gasteiger partial charge in [-0.15, -0.1) is 11.8 Å². The van der Waals surface area contributed by atoms with Crippen LogP contribution in [0.3, 0.4) is 0 Å². The summed E-state index contributed by atoms with van der Waals surface area (Å²) in [5.41, 5.74) is 0.972. The second-order valence-electron chi connectivity index (χ2n) is 9.10. The normalized spacial score (nSPS) is 27.0. The molecule has 2 fully saturated rings. The molecule has 1 aliphatic carbocycles. The summed E-state index contributed by atoms with van der Waals surface area (Å²) < 4.78 is 5.33. The van der Waals surface area contributed by atoms with Gasteiger partial charge < -0.3 is 15.0 Å². The van der Waals surface area contributed by atoms with Crippen molar-refractivity contribution < 1.29 is 19.1 Å². The molecule has 7 nitrogen and oxygen atoms in total. The minimum atomic E-state index is -0.288. The summed E-state index contributed by atoms with van der Waals surface area (Å²) >= 11 is 1.49. The predicted octanol–water partition coefficient (Wildman–Crippen LogP) is 3.79. The molecule has 4 amide bonds. The van der Waals surface area contributed by atoms with E-state index in [1.807, 2.05) is 42.7 Å². The molecule has 2 aliphatic heterocycles. The van der Waals surface area contributed by atoms with E-state index in [9.17, 15) is 14.4 Å². The molecule has 1 saturated heterocycles. The van der Waals surface area contributed by atoms with Gasteiger partial charge in [-0.2, -0.15) is 0 Å². The molecular weight excluding hydrogens is 438 g/mol. The van der Waals surface area contributed by atoms with Gasteiger partial charge in [0.2, 0.25) is 11.8 Å². The van der Waals surface area contributed by atoms with Crippen molar-refractivity contribution in [1.29, 1.82) is 0 Å². The molecule has 2 unspecified atom stereocenters. The number of rotatable bonds is 8. The van der Waals surface area contributed by atoms with Gasteiger partial charge in [0.05, 0.1) is 13.2 Å². The minimum Gasteiger partial charge on any atom is -0.497 e. The Kier molecular flexibility index (Phi) is 7.63. The van der Waals surface area contributed by atoms with Crippen molar-refractivity contribution in [1.82, 2.24) is 15.1 Å². The highest BCUT2D eigenvalue weighted by Crippen LogP contribution is 2.37. The van der Waals surface area contributed by atoms with Crippen LogP contribution in [-0.4, -0.2) is 59.1 Å². The third kappa shape index (κ3) is 5.21. The van der Waals surface area contributed by atoms with Crippen LogP contribution in [0.4, 0.5) is 4.79 Å². The zero-order valence-corrected chi connectivity index (χ0v) is 20.2. The minimum absolute atomic E-state index is 0.0455. The summed E-state index contributed by atoms with van der Waals surface area (Å²) in [6, 6.07) is 7.25. The maximum absolute atomic E-state index is 13.5. The van der Waals surface area contributed by atoms with E-state index in [-0.39, 0.29) is 41.0 Å². The SMILES string of the molecule is CCCNC(=O)C1CCC(CN2C(=O)C3SC=CC3N(Cc3cccc(OC)c3)C2=O)CC1. The molecule has 1 N–H and O–H groups in total. The Hall–Kier alpha value is -2.48. The fourth-order valence-corrected chi connectivity index (χ4v) is 6.02. The molecule has 1 aromatic rings. The van der Waals surface area contributed by atoms with Crippen LogP contribution in [0, 0.1) is 11.8 Å². The second kappa shape index (κ2) is 10.6. The standard InChI is InChI=1S/C25H33N3O4S/c1-3-12-26-23(29)19-9-7-17(8-10-19)15-28-24(30)22-21(11-13-33-22)27(25(28)31)16-18-5-4-6-20(14-18)32-2/h4-6,11,13-14,17,19,21-22H,3,7-10,12,15-16H2,1-2H3,(H,26,29). The number of hydrogen-bond acceptors (Lipinski definition) is 5. The molecule has 2 atom stereocenters. The van der Waals surface area contributed by atoms with Crippen molar-refractivity contribution in [2.75, 3.05) is 20.2 Å². The Bertz CT molecular complexity index is 913. The quantitative estimate of drug-likeness (QED) is 0.624. The van der Waals surface area contributed by atoms with Gasteiger partial charge in [-0.3, -0.25) is 14.5 Å². The van der Waals surface area contributed by atoms with Crippen molar-refractivity contribution >= 4 is 29.6 Å². The first-order valence-corrected chi connectivity index (χ1v) is 12.8. The van der Waals surface area contributed by atoms with Gasteiger partial charge >= 0.3 is 6.03 Å². The first-order chi connectivity index (χ1) is 16.0. The average molecular weight is 472 g/mol. The molecule has 0 radical (unpaired) electrons. The van der Waals surface area contributed by atoms with Crippen LogP contribution in [0.15, 0.2) is 35.7 Å². The van der Waals surface area contributed by atoms with E-state index in [0.29, 0.717) is 19.6 Å². The Morgan fingerprint density at radius 3 is 2.73 bits per heavy atom. The number of carbonyl (C=O) groups excluding carboxylic acids is 3. The van der Waals surface area contributed by atoms with Crippen LogP contribution < -0.4 is 10.1 Å². The first kappa shape index (κ1) is 23.7. The number of methoxy groups -OCH3 is 1. The Labute approximate surface area is 199 Å². The maximum atomic E-state index is 13.5. The molecule has 1 aromatic carbocycles. The Morgan fingerprint density at radius 1 is 1.21 bits per heavy atom. The molecule has 178 valence electrons. The fraction of sp³-hybridized carbons (Fsp3) is 0.560. The summed E-state index contributed by atoms with van der Waals surface area (Å²) in [5.74, 6) is 1.08. The fourth-order valence-electron chi connectivity index (χ4n) is 4.96. The van der Waals surface area contributed by atoms with Crippen molar-refractivity contribution in [2.45, 2.75) is 56.9 Å². The van der Waals surface area contributed by atoms with Crippen LogP contribution >= 0.6 is 11.8 Å². The van der Waals surface area contributed by atoms with Crippen LogP contribution in [0.25, 0.3) is 0 Å². The largest absolute Gasteiger partial charge is 0.497 e. The third-order valence-electron chi connectivity index (χ3n) is 6.85. The van der Waals surface area contributed by atoms with Crippen LogP contribution in [0.5, 0.6) is 5.75 Å². The number of benzene rings is 1. The highest BCUT2D eigenvalue weighted by molar-refractivity contribution is 8.03. The van der Waals surface area contributed by atoms with Gasteiger partial charge in [0.15, 0.2) is 0 Å². The van der Waals surface area contributed by atoms with Gasteiger partial charge in [0, 0.05) is 25.6 Å². The highest BCUT2D eigenvalue weighted by atomic mass is 32.2. The number of carbonyl (C=O) groups is 3. The number of urea groups is 1.